The van der Waals surface area contributed by atoms with E-state index in [0.717, 1.165) is 16.6 Å². The van der Waals surface area contributed by atoms with E-state index in [-0.39, 0.29) is 5.75 Å². The van der Waals surface area contributed by atoms with Crippen molar-refractivity contribution in [1.29, 1.82) is 0 Å². The molecule has 0 saturated heterocycles. The average molecular weight is 363 g/mol. The zero-order valence-corrected chi connectivity index (χ0v) is 14.7. The lowest BCUT2D eigenvalue weighted by Crippen LogP contribution is -1.81. The maximum atomic E-state index is 10.2. The van der Waals surface area contributed by atoms with Crippen molar-refractivity contribution in [1.82, 2.24) is 4.98 Å². The predicted octanol–water partition coefficient (Wildman–Crippen LogP) is 5.91. The minimum Gasteiger partial charge on any atom is -0.507 e. The number of fused-ring (bicyclic) bond motifs is 1. The zero-order valence-electron chi connectivity index (χ0n) is 14.0. The Balaban J connectivity index is 1.70. The van der Waals surface area contributed by atoms with Crippen LogP contribution in [-0.4, -0.2) is 16.3 Å². The largest absolute Gasteiger partial charge is 0.507 e. The smallest absolute Gasteiger partial charge is 0.231 e. The highest BCUT2D eigenvalue weighted by atomic mass is 35.5. The van der Waals surface area contributed by atoms with Crippen molar-refractivity contribution in [3.8, 4) is 17.2 Å². The summed E-state index contributed by atoms with van der Waals surface area (Å²) in [6.07, 6.45) is 1.74. The second kappa shape index (κ2) is 6.65. The fraction of sp³-hybridized carbons (Fsp3) is 0.0476. The van der Waals surface area contributed by atoms with Gasteiger partial charge in [0.15, 0.2) is 5.58 Å². The van der Waals surface area contributed by atoms with Crippen molar-refractivity contribution in [3.05, 3.63) is 76.8 Å². The number of halogens is 1. The molecule has 4 aromatic rings. The highest BCUT2D eigenvalue weighted by molar-refractivity contribution is 6.30. The van der Waals surface area contributed by atoms with Gasteiger partial charge in [-0.2, -0.15) is 0 Å². The third-order valence-electron chi connectivity index (χ3n) is 3.99. The lowest BCUT2D eigenvalue weighted by atomic mass is 10.1. The van der Waals surface area contributed by atoms with Crippen LogP contribution < -0.4 is 0 Å². The normalized spacial score (nSPS) is 11.5. The maximum absolute atomic E-state index is 10.2. The number of nitrogens with zero attached hydrogens (tertiary/aromatic N) is 2. The molecule has 26 heavy (non-hydrogen) atoms. The molecule has 0 saturated carbocycles. The standard InChI is InChI=1S/C21H15ClN2O2/c1-13-2-9-20-18(10-13)24-21(26-20)17-11-16(7-8-19(17)25)23-12-14-3-5-15(22)6-4-14/h2-12,25H,1H3. The number of aromatic hydroxyl groups is 1. The molecule has 0 amide bonds. The van der Waals surface area contributed by atoms with Gasteiger partial charge in [0.1, 0.15) is 11.3 Å². The van der Waals surface area contributed by atoms with Crippen LogP contribution in [0.1, 0.15) is 11.1 Å². The Bertz CT molecular complexity index is 1110. The Morgan fingerprint density at radius 1 is 1.04 bits per heavy atom. The number of rotatable bonds is 3. The van der Waals surface area contributed by atoms with Crippen molar-refractivity contribution in [2.45, 2.75) is 6.92 Å². The lowest BCUT2D eigenvalue weighted by molar-refractivity contribution is 0.474. The van der Waals surface area contributed by atoms with E-state index < -0.39 is 0 Å². The first-order valence-electron chi connectivity index (χ1n) is 8.09. The van der Waals surface area contributed by atoms with Crippen molar-refractivity contribution in [2.24, 2.45) is 4.99 Å². The van der Waals surface area contributed by atoms with E-state index in [1.54, 1.807) is 24.4 Å². The topological polar surface area (TPSA) is 58.6 Å². The number of benzene rings is 3. The van der Waals surface area contributed by atoms with Gasteiger partial charge in [0.05, 0.1) is 11.3 Å². The van der Waals surface area contributed by atoms with Gasteiger partial charge < -0.3 is 9.52 Å². The minimum absolute atomic E-state index is 0.0960. The molecule has 0 atom stereocenters. The van der Waals surface area contributed by atoms with Crippen LogP contribution in [0.15, 0.2) is 70.1 Å². The Hall–Kier alpha value is -3.11. The van der Waals surface area contributed by atoms with Gasteiger partial charge in [0.2, 0.25) is 5.89 Å². The first-order valence-corrected chi connectivity index (χ1v) is 8.46. The van der Waals surface area contributed by atoms with Crippen LogP contribution >= 0.6 is 11.6 Å². The molecule has 0 radical (unpaired) electrons. The molecule has 0 aliphatic heterocycles. The second-order valence-corrected chi connectivity index (χ2v) is 6.44. The first-order chi connectivity index (χ1) is 12.6. The maximum Gasteiger partial charge on any atom is 0.231 e. The molecule has 1 heterocycles. The molecule has 0 unspecified atom stereocenters. The Labute approximate surface area is 155 Å². The summed E-state index contributed by atoms with van der Waals surface area (Å²) in [4.78, 5) is 8.93. The number of aromatic nitrogens is 1. The molecule has 0 fully saturated rings. The number of aryl methyl sites for hydroxylation is 1. The summed E-state index contributed by atoms with van der Waals surface area (Å²) in [5.74, 6) is 0.463. The Morgan fingerprint density at radius 2 is 1.85 bits per heavy atom. The summed E-state index contributed by atoms with van der Waals surface area (Å²) < 4.78 is 5.78. The predicted molar refractivity (Wildman–Crippen MR) is 105 cm³/mol. The second-order valence-electron chi connectivity index (χ2n) is 6.00. The van der Waals surface area contributed by atoms with E-state index in [4.69, 9.17) is 16.0 Å². The molecular weight excluding hydrogens is 348 g/mol. The fourth-order valence-corrected chi connectivity index (χ4v) is 2.75. The van der Waals surface area contributed by atoms with Crippen LogP contribution in [-0.2, 0) is 0 Å². The number of hydrogen-bond donors (Lipinski definition) is 1. The average Bonchev–Trinajstić information content (AvgIpc) is 3.05. The minimum atomic E-state index is 0.0960. The van der Waals surface area contributed by atoms with Crippen LogP contribution in [0.25, 0.3) is 22.6 Å². The fourth-order valence-electron chi connectivity index (χ4n) is 2.63. The summed E-state index contributed by atoms with van der Waals surface area (Å²) in [7, 11) is 0. The number of hydrogen-bond acceptors (Lipinski definition) is 4. The van der Waals surface area contributed by atoms with E-state index >= 15 is 0 Å². The molecule has 5 heteroatoms. The summed E-state index contributed by atoms with van der Waals surface area (Å²) in [5.41, 5.74) is 4.66. The molecule has 4 nitrogen and oxygen atoms in total. The molecule has 4 rings (SSSR count). The van der Waals surface area contributed by atoms with Gasteiger partial charge in [-0.3, -0.25) is 4.99 Å². The van der Waals surface area contributed by atoms with Gasteiger partial charge in [0.25, 0.3) is 0 Å². The number of phenols is 1. The van der Waals surface area contributed by atoms with E-state index in [1.165, 1.54) is 0 Å². The van der Waals surface area contributed by atoms with E-state index in [9.17, 15) is 5.11 Å². The summed E-state index contributed by atoms with van der Waals surface area (Å²) in [6.45, 7) is 2.00. The number of phenolic OH excluding ortho intramolecular Hbond substituents is 1. The van der Waals surface area contributed by atoms with E-state index in [0.29, 0.717) is 27.7 Å². The van der Waals surface area contributed by atoms with Crippen LogP contribution in [0.2, 0.25) is 5.02 Å². The van der Waals surface area contributed by atoms with Crippen molar-refractivity contribution in [2.75, 3.05) is 0 Å². The van der Waals surface area contributed by atoms with E-state index in [2.05, 4.69) is 9.98 Å². The van der Waals surface area contributed by atoms with Gasteiger partial charge >= 0.3 is 0 Å². The molecular formula is C21H15ClN2O2. The van der Waals surface area contributed by atoms with Crippen LogP contribution in [0.3, 0.4) is 0 Å². The zero-order chi connectivity index (χ0) is 18.1. The molecule has 0 bridgehead atoms. The van der Waals surface area contributed by atoms with Crippen molar-refractivity contribution < 1.29 is 9.52 Å². The van der Waals surface area contributed by atoms with Gasteiger partial charge in [-0.1, -0.05) is 29.8 Å². The lowest BCUT2D eigenvalue weighted by Gasteiger charge is -2.02. The molecule has 1 N–H and O–H groups in total. The van der Waals surface area contributed by atoms with Crippen molar-refractivity contribution >= 4 is 34.6 Å². The molecule has 128 valence electrons. The number of aliphatic imine (C=N–C) groups is 1. The molecule has 1 aromatic heterocycles. The van der Waals surface area contributed by atoms with Gasteiger partial charge in [-0.05, 0) is 60.5 Å². The first kappa shape index (κ1) is 16.4. The highest BCUT2D eigenvalue weighted by Gasteiger charge is 2.13. The number of oxazole rings is 1. The summed E-state index contributed by atoms with van der Waals surface area (Å²) in [6, 6.07) is 18.2. The van der Waals surface area contributed by atoms with Crippen molar-refractivity contribution in [3.63, 3.8) is 0 Å². The van der Waals surface area contributed by atoms with E-state index in [1.807, 2.05) is 49.4 Å². The highest BCUT2D eigenvalue weighted by Crippen LogP contribution is 2.34. The van der Waals surface area contributed by atoms with Crippen LogP contribution in [0.4, 0.5) is 5.69 Å². The van der Waals surface area contributed by atoms with Gasteiger partial charge in [0, 0.05) is 11.2 Å². The Morgan fingerprint density at radius 3 is 2.65 bits per heavy atom. The monoisotopic (exact) mass is 362 g/mol. The van der Waals surface area contributed by atoms with Crippen LogP contribution in [0, 0.1) is 6.92 Å². The third kappa shape index (κ3) is 3.32. The molecule has 0 aliphatic rings. The molecule has 3 aromatic carbocycles. The Kier molecular flexibility index (Phi) is 4.19. The van der Waals surface area contributed by atoms with Crippen LogP contribution in [0.5, 0.6) is 5.75 Å². The third-order valence-corrected chi connectivity index (χ3v) is 4.24. The quantitative estimate of drug-likeness (QED) is 0.460. The SMILES string of the molecule is Cc1ccc2oc(-c3cc(N=Cc4ccc(Cl)cc4)ccc3O)nc2c1. The summed E-state index contributed by atoms with van der Waals surface area (Å²) in [5, 5.41) is 10.9. The van der Waals surface area contributed by atoms with Gasteiger partial charge in [-0.15, -0.1) is 0 Å². The molecule has 0 aliphatic carbocycles. The molecule has 0 spiro atoms. The van der Waals surface area contributed by atoms with Gasteiger partial charge in [-0.25, -0.2) is 4.98 Å². The summed E-state index contributed by atoms with van der Waals surface area (Å²) >= 11 is 5.89.